The molecule has 0 atom stereocenters. The first-order valence-corrected chi connectivity index (χ1v) is 4.70. The van der Waals surface area contributed by atoms with Gasteiger partial charge in [0.15, 0.2) is 0 Å². The van der Waals surface area contributed by atoms with Crippen molar-refractivity contribution in [1.29, 1.82) is 0 Å². The molecule has 0 bridgehead atoms. The van der Waals surface area contributed by atoms with E-state index >= 15 is 0 Å². The number of nitrogens with zero attached hydrogens (tertiary/aromatic N) is 1. The summed E-state index contributed by atoms with van der Waals surface area (Å²) in [5, 5.41) is 0.714. The molecule has 0 radical (unpaired) electrons. The average molecular weight is 207 g/mol. The Morgan fingerprint density at radius 1 is 1.43 bits per heavy atom. The summed E-state index contributed by atoms with van der Waals surface area (Å²) in [6.07, 6.45) is 1.74. The lowest BCUT2D eigenvalue weighted by Gasteiger charge is -1.97. The van der Waals surface area contributed by atoms with Gasteiger partial charge in [-0.15, -0.1) is 0 Å². The number of imidazole rings is 1. The standard InChI is InChI=1S/C10H7ClN2O/c11-7-1-2-8-6(3-7)5-13-9(8)4-12-10(13)14/h1-4H,5H2,(H,12,14). The SMILES string of the molecule is O=c1[nH]cc2n1Cc1cc(Cl)ccc1-2. The first-order valence-electron chi connectivity index (χ1n) is 4.33. The number of nitrogens with one attached hydrogen (secondary N) is 1. The van der Waals surface area contributed by atoms with Gasteiger partial charge in [-0.1, -0.05) is 17.7 Å². The van der Waals surface area contributed by atoms with E-state index in [2.05, 4.69) is 4.98 Å². The maximum absolute atomic E-state index is 11.3. The van der Waals surface area contributed by atoms with Crippen molar-refractivity contribution in [2.75, 3.05) is 0 Å². The molecule has 70 valence electrons. The van der Waals surface area contributed by atoms with Crippen molar-refractivity contribution < 1.29 is 0 Å². The normalized spacial score (nSPS) is 12.6. The molecule has 1 N–H and O–H groups in total. The maximum Gasteiger partial charge on any atom is 0.326 e. The Morgan fingerprint density at radius 2 is 2.29 bits per heavy atom. The van der Waals surface area contributed by atoms with Crippen LogP contribution in [-0.4, -0.2) is 9.55 Å². The Balaban J connectivity index is 2.32. The van der Waals surface area contributed by atoms with E-state index in [4.69, 9.17) is 11.6 Å². The van der Waals surface area contributed by atoms with Gasteiger partial charge in [-0.2, -0.15) is 0 Å². The zero-order valence-electron chi connectivity index (χ0n) is 7.25. The van der Waals surface area contributed by atoms with E-state index in [0.717, 1.165) is 16.8 Å². The maximum atomic E-state index is 11.3. The summed E-state index contributed by atoms with van der Waals surface area (Å²) in [6, 6.07) is 5.70. The van der Waals surface area contributed by atoms with E-state index in [1.807, 2.05) is 18.2 Å². The molecular formula is C10H7ClN2O. The van der Waals surface area contributed by atoms with Gasteiger partial charge in [0.1, 0.15) is 0 Å². The predicted molar refractivity (Wildman–Crippen MR) is 54.6 cm³/mol. The van der Waals surface area contributed by atoms with Crippen molar-refractivity contribution >= 4 is 11.6 Å². The number of halogens is 1. The van der Waals surface area contributed by atoms with Gasteiger partial charge in [-0.05, 0) is 17.7 Å². The van der Waals surface area contributed by atoms with Gasteiger partial charge in [-0.25, -0.2) is 4.79 Å². The third-order valence-corrected chi connectivity index (χ3v) is 2.78. The quantitative estimate of drug-likeness (QED) is 0.599. The van der Waals surface area contributed by atoms with E-state index in [1.165, 1.54) is 0 Å². The van der Waals surface area contributed by atoms with Crippen molar-refractivity contribution in [1.82, 2.24) is 9.55 Å². The number of fused-ring (bicyclic) bond motifs is 3. The summed E-state index contributed by atoms with van der Waals surface area (Å²) >= 11 is 5.88. The van der Waals surface area contributed by atoms with Crippen LogP contribution in [0, 0.1) is 0 Å². The molecule has 2 aromatic rings. The average Bonchev–Trinajstić information content (AvgIpc) is 2.66. The van der Waals surface area contributed by atoms with Gasteiger partial charge in [0.05, 0.1) is 12.2 Å². The predicted octanol–water partition coefficient (Wildman–Crippen LogP) is 1.86. The van der Waals surface area contributed by atoms with E-state index in [-0.39, 0.29) is 5.69 Å². The van der Waals surface area contributed by atoms with Crippen LogP contribution in [0.25, 0.3) is 11.3 Å². The molecule has 1 aromatic carbocycles. The zero-order chi connectivity index (χ0) is 9.71. The number of aromatic amines is 1. The minimum Gasteiger partial charge on any atom is -0.312 e. The molecule has 1 aromatic heterocycles. The Labute approximate surface area is 85.0 Å². The highest BCUT2D eigenvalue weighted by Gasteiger charge is 2.19. The number of benzene rings is 1. The van der Waals surface area contributed by atoms with Gasteiger partial charge in [0, 0.05) is 16.8 Å². The molecule has 14 heavy (non-hydrogen) atoms. The Kier molecular flexibility index (Phi) is 1.42. The van der Waals surface area contributed by atoms with Crippen LogP contribution in [0.1, 0.15) is 5.56 Å². The fourth-order valence-corrected chi connectivity index (χ4v) is 2.08. The minimum absolute atomic E-state index is 0.0627. The Bertz CT molecular complexity index is 568. The van der Waals surface area contributed by atoms with Gasteiger partial charge >= 0.3 is 5.69 Å². The lowest BCUT2D eigenvalue weighted by molar-refractivity contribution is 0.799. The number of H-pyrrole nitrogens is 1. The monoisotopic (exact) mass is 206 g/mol. The number of aromatic nitrogens is 2. The topological polar surface area (TPSA) is 37.8 Å². The fraction of sp³-hybridized carbons (Fsp3) is 0.100. The van der Waals surface area contributed by atoms with Crippen LogP contribution in [0.4, 0.5) is 0 Å². The van der Waals surface area contributed by atoms with Crippen molar-refractivity contribution in [2.24, 2.45) is 0 Å². The molecule has 4 heteroatoms. The van der Waals surface area contributed by atoms with Crippen molar-refractivity contribution in [3.63, 3.8) is 0 Å². The fourth-order valence-electron chi connectivity index (χ4n) is 1.89. The van der Waals surface area contributed by atoms with Crippen LogP contribution in [0.15, 0.2) is 29.2 Å². The smallest absolute Gasteiger partial charge is 0.312 e. The summed E-state index contributed by atoms with van der Waals surface area (Å²) < 4.78 is 1.71. The second kappa shape index (κ2) is 2.51. The molecule has 3 nitrogen and oxygen atoms in total. The van der Waals surface area contributed by atoms with Crippen LogP contribution in [0.2, 0.25) is 5.02 Å². The molecule has 1 aliphatic heterocycles. The van der Waals surface area contributed by atoms with Crippen LogP contribution >= 0.6 is 11.6 Å². The van der Waals surface area contributed by atoms with E-state index in [1.54, 1.807) is 10.8 Å². The van der Waals surface area contributed by atoms with Crippen molar-refractivity contribution in [3.05, 3.63) is 45.5 Å². The molecule has 0 amide bonds. The summed E-state index contributed by atoms with van der Waals surface area (Å²) in [5.74, 6) is 0. The second-order valence-corrected chi connectivity index (χ2v) is 3.80. The Morgan fingerprint density at radius 3 is 3.14 bits per heavy atom. The third kappa shape index (κ3) is 0.902. The highest BCUT2D eigenvalue weighted by atomic mass is 35.5. The van der Waals surface area contributed by atoms with Crippen molar-refractivity contribution in [3.8, 4) is 11.3 Å². The van der Waals surface area contributed by atoms with Gasteiger partial charge in [-0.3, -0.25) is 4.57 Å². The molecule has 0 aliphatic carbocycles. The van der Waals surface area contributed by atoms with Gasteiger partial charge in [0.25, 0.3) is 0 Å². The van der Waals surface area contributed by atoms with E-state index < -0.39 is 0 Å². The number of hydrogen-bond donors (Lipinski definition) is 1. The molecule has 0 unspecified atom stereocenters. The summed E-state index contributed by atoms with van der Waals surface area (Å²) in [5.41, 5.74) is 3.08. The molecule has 0 spiro atoms. The van der Waals surface area contributed by atoms with Crippen LogP contribution in [0.5, 0.6) is 0 Å². The highest BCUT2D eigenvalue weighted by molar-refractivity contribution is 6.30. The minimum atomic E-state index is -0.0627. The molecular weight excluding hydrogens is 200 g/mol. The van der Waals surface area contributed by atoms with Gasteiger partial charge in [0.2, 0.25) is 0 Å². The zero-order valence-corrected chi connectivity index (χ0v) is 8.01. The summed E-state index contributed by atoms with van der Waals surface area (Å²) in [7, 11) is 0. The van der Waals surface area contributed by atoms with E-state index in [0.29, 0.717) is 11.6 Å². The highest BCUT2D eigenvalue weighted by Crippen LogP contribution is 2.31. The van der Waals surface area contributed by atoms with E-state index in [9.17, 15) is 4.79 Å². The molecule has 0 saturated heterocycles. The summed E-state index contributed by atoms with van der Waals surface area (Å²) in [6.45, 7) is 0.619. The van der Waals surface area contributed by atoms with Crippen molar-refractivity contribution in [2.45, 2.75) is 6.54 Å². The number of rotatable bonds is 0. The first-order chi connectivity index (χ1) is 6.75. The lowest BCUT2D eigenvalue weighted by Crippen LogP contribution is -2.14. The summed E-state index contributed by atoms with van der Waals surface area (Å²) in [4.78, 5) is 14.0. The van der Waals surface area contributed by atoms with Crippen LogP contribution in [0.3, 0.4) is 0 Å². The van der Waals surface area contributed by atoms with Crippen LogP contribution < -0.4 is 5.69 Å². The largest absolute Gasteiger partial charge is 0.326 e. The number of hydrogen-bond acceptors (Lipinski definition) is 1. The molecule has 0 saturated carbocycles. The molecule has 3 rings (SSSR count). The third-order valence-electron chi connectivity index (χ3n) is 2.54. The van der Waals surface area contributed by atoms with Crippen LogP contribution in [-0.2, 0) is 6.54 Å². The first kappa shape index (κ1) is 7.88. The molecule has 2 heterocycles. The second-order valence-electron chi connectivity index (χ2n) is 3.37. The molecule has 0 fully saturated rings. The molecule has 1 aliphatic rings. The lowest BCUT2D eigenvalue weighted by atomic mass is 10.1. The Hall–Kier alpha value is -1.48. The van der Waals surface area contributed by atoms with Gasteiger partial charge < -0.3 is 4.98 Å².